The topological polar surface area (TPSA) is 135 Å². The zero-order chi connectivity index (χ0) is 18.6. The lowest BCUT2D eigenvalue weighted by Crippen LogP contribution is -2.10. The van der Waals surface area contributed by atoms with Gasteiger partial charge in [0, 0.05) is 5.69 Å². The molecule has 0 unspecified atom stereocenters. The van der Waals surface area contributed by atoms with Crippen molar-refractivity contribution in [3.63, 3.8) is 0 Å². The number of fused-ring (bicyclic) bond motifs is 4. The molecule has 0 radical (unpaired) electrons. The second-order valence-electron chi connectivity index (χ2n) is 6.11. The van der Waals surface area contributed by atoms with Gasteiger partial charge in [0.2, 0.25) is 0 Å². The van der Waals surface area contributed by atoms with Gasteiger partial charge in [0.1, 0.15) is 0 Å². The predicted molar refractivity (Wildman–Crippen MR) is 89.9 cm³/mol. The van der Waals surface area contributed by atoms with E-state index >= 15 is 0 Å². The molecule has 0 fully saturated rings. The summed E-state index contributed by atoms with van der Waals surface area (Å²) in [7, 11) is 0. The summed E-state index contributed by atoms with van der Waals surface area (Å²) in [5.41, 5.74) is 1.90. The van der Waals surface area contributed by atoms with E-state index in [-0.39, 0.29) is 10.9 Å². The molecule has 2 heterocycles. The van der Waals surface area contributed by atoms with E-state index in [1.807, 2.05) is 19.1 Å². The molecular weight excluding hydrogens is 340 g/mol. The van der Waals surface area contributed by atoms with Gasteiger partial charge in [-0.15, -0.1) is 0 Å². The number of aryl methyl sites for hydroxylation is 3. The molecule has 26 heavy (non-hydrogen) atoms. The molecule has 2 aromatic heterocycles. The zero-order valence-electron chi connectivity index (χ0n) is 13.6. The van der Waals surface area contributed by atoms with E-state index < -0.39 is 27.0 Å². The predicted octanol–water partition coefficient (Wildman–Crippen LogP) is 2.59. The Labute approximate surface area is 146 Å². The number of non-ortho nitro benzene ring substituents is 1. The fourth-order valence-electron chi connectivity index (χ4n) is 3.26. The van der Waals surface area contributed by atoms with E-state index in [0.717, 1.165) is 16.8 Å². The Hall–Kier alpha value is -3.62. The van der Waals surface area contributed by atoms with Crippen LogP contribution in [-0.4, -0.2) is 19.8 Å². The van der Waals surface area contributed by atoms with Crippen LogP contribution in [0.2, 0.25) is 0 Å². The summed E-state index contributed by atoms with van der Waals surface area (Å²) < 4.78 is 0. The first-order valence-corrected chi connectivity index (χ1v) is 7.80. The highest BCUT2D eigenvalue weighted by atomic mass is 16.6. The van der Waals surface area contributed by atoms with Crippen LogP contribution in [0.25, 0.3) is 22.3 Å². The van der Waals surface area contributed by atoms with E-state index in [4.69, 9.17) is 0 Å². The van der Waals surface area contributed by atoms with Crippen LogP contribution in [0.15, 0.2) is 24.3 Å². The lowest BCUT2D eigenvalue weighted by atomic mass is 9.91. The third-order valence-electron chi connectivity index (χ3n) is 4.50. The smallest absolute Gasteiger partial charge is 0.285 e. The molecule has 0 saturated carbocycles. The summed E-state index contributed by atoms with van der Waals surface area (Å²) in [5.74, 6) is -0.932. The monoisotopic (exact) mass is 351 g/mol. The number of pyridine rings is 2. The Morgan fingerprint density at radius 2 is 1.58 bits per heavy atom. The number of nitro groups is 2. The molecule has 4 rings (SSSR count). The molecule has 0 N–H and O–H groups in total. The van der Waals surface area contributed by atoms with E-state index in [1.54, 1.807) is 0 Å². The standard InChI is InChI=1S/C17H12N4O5/c1-8-2-3-9-4-5-10-6-11-12(20(23)24)7-13(21(25)26)17(22)16(11)19-15(10)14(9)18-8/h2-3,6-7,22H,4-5H2,1H3/p-1. The zero-order valence-corrected chi connectivity index (χ0v) is 13.6. The third-order valence-corrected chi connectivity index (χ3v) is 4.50. The van der Waals surface area contributed by atoms with Gasteiger partial charge in [0.05, 0.1) is 38.2 Å². The van der Waals surface area contributed by atoms with Crippen molar-refractivity contribution in [3.05, 3.63) is 61.3 Å². The van der Waals surface area contributed by atoms with Gasteiger partial charge >= 0.3 is 0 Å². The minimum atomic E-state index is -0.932. The molecule has 0 aliphatic heterocycles. The van der Waals surface area contributed by atoms with Crippen LogP contribution < -0.4 is 5.11 Å². The van der Waals surface area contributed by atoms with E-state index in [2.05, 4.69) is 9.97 Å². The molecule has 9 nitrogen and oxygen atoms in total. The van der Waals surface area contributed by atoms with Crippen molar-refractivity contribution >= 4 is 22.3 Å². The van der Waals surface area contributed by atoms with Crippen LogP contribution in [0.3, 0.4) is 0 Å². The summed E-state index contributed by atoms with van der Waals surface area (Å²) in [6.45, 7) is 1.82. The van der Waals surface area contributed by atoms with Crippen LogP contribution in [0.5, 0.6) is 5.75 Å². The lowest BCUT2D eigenvalue weighted by molar-refractivity contribution is -0.402. The summed E-state index contributed by atoms with van der Waals surface area (Å²) in [4.78, 5) is 29.6. The number of benzene rings is 1. The van der Waals surface area contributed by atoms with Crippen molar-refractivity contribution in [3.8, 4) is 17.1 Å². The van der Waals surface area contributed by atoms with Gasteiger partial charge in [-0.3, -0.25) is 25.2 Å². The van der Waals surface area contributed by atoms with Gasteiger partial charge in [-0.25, -0.2) is 4.98 Å². The average Bonchev–Trinajstić information content (AvgIpc) is 2.60. The molecule has 1 aromatic carbocycles. The number of hydrogen-bond acceptors (Lipinski definition) is 7. The van der Waals surface area contributed by atoms with Gasteiger partial charge in [-0.2, -0.15) is 0 Å². The van der Waals surface area contributed by atoms with Crippen molar-refractivity contribution in [1.82, 2.24) is 9.97 Å². The molecule has 0 atom stereocenters. The van der Waals surface area contributed by atoms with Crippen molar-refractivity contribution in [2.45, 2.75) is 19.8 Å². The summed E-state index contributed by atoms with van der Waals surface area (Å²) in [6, 6.07) is 6.05. The Morgan fingerprint density at radius 3 is 2.27 bits per heavy atom. The molecule has 1 aliphatic carbocycles. The van der Waals surface area contributed by atoms with Crippen LogP contribution >= 0.6 is 0 Å². The van der Waals surface area contributed by atoms with Crippen molar-refractivity contribution in [2.75, 3.05) is 0 Å². The molecule has 1 aliphatic rings. The molecule has 9 heteroatoms. The second kappa shape index (κ2) is 5.45. The Kier molecular flexibility index (Phi) is 3.33. The van der Waals surface area contributed by atoms with Crippen LogP contribution in [-0.2, 0) is 12.8 Å². The molecule has 3 aromatic rings. The Morgan fingerprint density at radius 1 is 0.923 bits per heavy atom. The van der Waals surface area contributed by atoms with Crippen molar-refractivity contribution < 1.29 is 15.0 Å². The van der Waals surface area contributed by atoms with Crippen molar-refractivity contribution in [2.24, 2.45) is 0 Å². The minimum Gasteiger partial charge on any atom is -0.866 e. The third kappa shape index (κ3) is 2.25. The summed E-state index contributed by atoms with van der Waals surface area (Å²) in [6.07, 6.45) is 1.30. The number of aromatic nitrogens is 2. The number of rotatable bonds is 2. The first kappa shape index (κ1) is 15.9. The maximum Gasteiger partial charge on any atom is 0.285 e. The van der Waals surface area contributed by atoms with Crippen LogP contribution in [0.1, 0.15) is 16.8 Å². The largest absolute Gasteiger partial charge is 0.866 e. The first-order chi connectivity index (χ1) is 12.4. The summed E-state index contributed by atoms with van der Waals surface area (Å²) in [5, 5.41) is 34.9. The quantitative estimate of drug-likeness (QED) is 0.511. The van der Waals surface area contributed by atoms with E-state index in [0.29, 0.717) is 30.3 Å². The number of nitro benzene ring substituents is 2. The second-order valence-corrected chi connectivity index (χ2v) is 6.11. The lowest BCUT2D eigenvalue weighted by Gasteiger charge is -2.20. The maximum absolute atomic E-state index is 12.5. The minimum absolute atomic E-state index is 0.0143. The molecule has 0 amide bonds. The SMILES string of the molecule is Cc1ccc2c(n1)-c1nc3c([O-])c([N+](=O)[O-])cc([N+](=O)[O-])c3cc1CC2. The molecule has 0 bridgehead atoms. The molecule has 0 saturated heterocycles. The fourth-order valence-corrected chi connectivity index (χ4v) is 3.26. The normalized spacial score (nSPS) is 12.5. The van der Waals surface area contributed by atoms with Gasteiger partial charge < -0.3 is 5.11 Å². The number of nitrogens with zero attached hydrogens (tertiary/aromatic N) is 4. The van der Waals surface area contributed by atoms with Gasteiger partial charge in [0.15, 0.2) is 0 Å². The maximum atomic E-state index is 12.5. The average molecular weight is 351 g/mol. The number of hydrogen-bond donors (Lipinski definition) is 0. The van der Waals surface area contributed by atoms with Gasteiger partial charge in [-0.1, -0.05) is 6.07 Å². The molecule has 0 spiro atoms. The Bertz CT molecular complexity index is 1130. The van der Waals surface area contributed by atoms with Gasteiger partial charge in [0.25, 0.3) is 11.4 Å². The first-order valence-electron chi connectivity index (χ1n) is 7.80. The van der Waals surface area contributed by atoms with E-state index in [1.165, 1.54) is 6.07 Å². The van der Waals surface area contributed by atoms with Gasteiger partial charge in [-0.05, 0) is 48.8 Å². The summed E-state index contributed by atoms with van der Waals surface area (Å²) >= 11 is 0. The highest BCUT2D eigenvalue weighted by Gasteiger charge is 2.26. The van der Waals surface area contributed by atoms with E-state index in [9.17, 15) is 25.3 Å². The Balaban J connectivity index is 2.11. The van der Waals surface area contributed by atoms with Crippen molar-refractivity contribution in [1.29, 1.82) is 0 Å². The highest BCUT2D eigenvalue weighted by Crippen LogP contribution is 2.41. The van der Waals surface area contributed by atoms with Crippen LogP contribution in [0, 0.1) is 27.2 Å². The highest BCUT2D eigenvalue weighted by molar-refractivity contribution is 5.97. The molecular formula is C17H11N4O5-. The molecule has 130 valence electrons. The van der Waals surface area contributed by atoms with Crippen LogP contribution in [0.4, 0.5) is 11.4 Å². The fraction of sp³-hybridized carbons (Fsp3) is 0.176.